The lowest BCUT2D eigenvalue weighted by atomic mass is 10.1. The number of benzene rings is 1. The van der Waals surface area contributed by atoms with E-state index in [1.165, 1.54) is 4.68 Å². The Bertz CT molecular complexity index is 844. The fraction of sp³-hybridized carbons (Fsp3) is 0.143. The van der Waals surface area contributed by atoms with E-state index in [0.29, 0.717) is 28.3 Å². The van der Waals surface area contributed by atoms with Crippen LogP contribution in [0.5, 0.6) is 0 Å². The van der Waals surface area contributed by atoms with Crippen LogP contribution in [0.15, 0.2) is 30.5 Å². The lowest BCUT2D eigenvalue weighted by Gasteiger charge is -2.09. The van der Waals surface area contributed by atoms with Gasteiger partial charge >= 0.3 is 5.97 Å². The number of pyridine rings is 1. The van der Waals surface area contributed by atoms with Gasteiger partial charge in [-0.25, -0.2) is 9.48 Å². The van der Waals surface area contributed by atoms with E-state index in [1.54, 1.807) is 24.4 Å². The fourth-order valence-corrected chi connectivity index (χ4v) is 2.49. The molecule has 0 aliphatic rings. The predicted octanol–water partition coefficient (Wildman–Crippen LogP) is 2.73. The number of carbonyl (C=O) groups is 1. The molecule has 6 nitrogen and oxygen atoms in total. The van der Waals surface area contributed by atoms with Gasteiger partial charge in [-0.2, -0.15) is 0 Å². The fourth-order valence-electron chi connectivity index (χ4n) is 2.27. The molecule has 0 saturated carbocycles. The third-order valence-corrected chi connectivity index (χ3v) is 3.55. The Kier molecular flexibility index (Phi) is 3.31. The maximum atomic E-state index is 11.2. The quantitative estimate of drug-likeness (QED) is 0.804. The molecule has 1 N–H and O–H groups in total. The summed E-state index contributed by atoms with van der Waals surface area (Å²) in [6.07, 6.45) is 2.15. The number of nitrogens with zero attached hydrogens (tertiary/aromatic N) is 4. The smallest absolute Gasteiger partial charge is 0.358 e. The number of hydrogen-bond donors (Lipinski definition) is 1. The Morgan fingerprint density at radius 1 is 1.38 bits per heavy atom. The lowest BCUT2D eigenvalue weighted by molar-refractivity contribution is 0.0689. The minimum absolute atomic E-state index is 0.0449. The van der Waals surface area contributed by atoms with Crippen molar-refractivity contribution >= 4 is 28.5 Å². The zero-order chi connectivity index (χ0) is 15.0. The van der Waals surface area contributed by atoms with Crippen molar-refractivity contribution in [3.8, 4) is 5.69 Å². The second kappa shape index (κ2) is 5.14. The highest BCUT2D eigenvalue weighted by Crippen LogP contribution is 2.27. The highest BCUT2D eigenvalue weighted by atomic mass is 35.5. The zero-order valence-corrected chi connectivity index (χ0v) is 11.9. The van der Waals surface area contributed by atoms with E-state index in [0.717, 1.165) is 5.39 Å². The van der Waals surface area contributed by atoms with Crippen molar-refractivity contribution in [1.29, 1.82) is 0 Å². The van der Waals surface area contributed by atoms with Crippen molar-refractivity contribution in [1.82, 2.24) is 20.0 Å². The first kappa shape index (κ1) is 13.5. The summed E-state index contributed by atoms with van der Waals surface area (Å²) in [6, 6.07) is 7.15. The maximum Gasteiger partial charge on any atom is 0.358 e. The van der Waals surface area contributed by atoms with Crippen LogP contribution in [0.4, 0.5) is 0 Å². The highest BCUT2D eigenvalue weighted by molar-refractivity contribution is 6.35. The third kappa shape index (κ3) is 2.13. The van der Waals surface area contributed by atoms with Crippen LogP contribution < -0.4 is 0 Å². The number of aromatic nitrogens is 4. The van der Waals surface area contributed by atoms with Gasteiger partial charge in [0.1, 0.15) is 0 Å². The first-order valence-corrected chi connectivity index (χ1v) is 6.72. The first-order valence-electron chi connectivity index (χ1n) is 6.35. The van der Waals surface area contributed by atoms with Gasteiger partial charge in [-0.1, -0.05) is 23.7 Å². The second-order valence-corrected chi connectivity index (χ2v) is 4.83. The molecule has 2 aromatic heterocycles. The van der Waals surface area contributed by atoms with Gasteiger partial charge < -0.3 is 5.11 Å². The molecule has 0 fully saturated rings. The van der Waals surface area contributed by atoms with Crippen molar-refractivity contribution in [3.63, 3.8) is 0 Å². The molecule has 0 amide bonds. The predicted molar refractivity (Wildman–Crippen MR) is 78.0 cm³/mol. The topological polar surface area (TPSA) is 80.9 Å². The summed E-state index contributed by atoms with van der Waals surface area (Å²) in [5, 5.41) is 18.2. The van der Waals surface area contributed by atoms with E-state index < -0.39 is 5.97 Å². The van der Waals surface area contributed by atoms with E-state index in [2.05, 4.69) is 15.3 Å². The molecule has 0 aliphatic carbocycles. The second-order valence-electron chi connectivity index (χ2n) is 4.42. The monoisotopic (exact) mass is 302 g/mol. The minimum atomic E-state index is -1.09. The molecule has 0 saturated heterocycles. The lowest BCUT2D eigenvalue weighted by Crippen LogP contribution is -2.06. The average molecular weight is 303 g/mol. The number of fused-ring (bicyclic) bond motifs is 1. The Morgan fingerprint density at radius 2 is 2.19 bits per heavy atom. The summed E-state index contributed by atoms with van der Waals surface area (Å²) in [5.41, 5.74) is 1.79. The van der Waals surface area contributed by atoms with Gasteiger partial charge in [0.25, 0.3) is 0 Å². The van der Waals surface area contributed by atoms with Crippen LogP contribution in [-0.2, 0) is 6.42 Å². The average Bonchev–Trinajstić information content (AvgIpc) is 2.92. The normalized spacial score (nSPS) is 11.0. The maximum absolute atomic E-state index is 11.2. The summed E-state index contributed by atoms with van der Waals surface area (Å²) in [4.78, 5) is 15.5. The Balaban J connectivity index is 2.31. The van der Waals surface area contributed by atoms with Crippen molar-refractivity contribution < 1.29 is 9.90 Å². The van der Waals surface area contributed by atoms with E-state index in [1.807, 2.05) is 13.0 Å². The molecule has 3 rings (SSSR count). The van der Waals surface area contributed by atoms with Crippen LogP contribution in [0.2, 0.25) is 5.02 Å². The molecule has 2 heterocycles. The van der Waals surface area contributed by atoms with Crippen molar-refractivity contribution in [2.24, 2.45) is 0 Å². The number of hydrogen-bond acceptors (Lipinski definition) is 4. The van der Waals surface area contributed by atoms with Gasteiger partial charge in [0, 0.05) is 11.6 Å². The molecule has 3 aromatic rings. The summed E-state index contributed by atoms with van der Waals surface area (Å²) >= 11 is 6.17. The van der Waals surface area contributed by atoms with Gasteiger partial charge in [0.15, 0.2) is 5.69 Å². The van der Waals surface area contributed by atoms with E-state index >= 15 is 0 Å². The highest BCUT2D eigenvalue weighted by Gasteiger charge is 2.20. The molecule has 106 valence electrons. The first-order chi connectivity index (χ1) is 10.1. The number of aromatic carboxylic acids is 1. The van der Waals surface area contributed by atoms with Crippen LogP contribution in [0.3, 0.4) is 0 Å². The third-order valence-electron chi connectivity index (χ3n) is 3.22. The molecule has 0 atom stereocenters. The van der Waals surface area contributed by atoms with Crippen LogP contribution in [0.25, 0.3) is 16.6 Å². The zero-order valence-electron chi connectivity index (χ0n) is 11.1. The van der Waals surface area contributed by atoms with Crippen LogP contribution in [0, 0.1) is 0 Å². The molecule has 0 aliphatic heterocycles. The van der Waals surface area contributed by atoms with Crippen LogP contribution in [0.1, 0.15) is 23.1 Å². The molecule has 1 aromatic carbocycles. The molecule has 0 bridgehead atoms. The van der Waals surface area contributed by atoms with Crippen LogP contribution >= 0.6 is 11.6 Å². The van der Waals surface area contributed by atoms with Gasteiger partial charge in [0.2, 0.25) is 0 Å². The molecule has 0 unspecified atom stereocenters. The van der Waals surface area contributed by atoms with Crippen molar-refractivity contribution in [3.05, 3.63) is 46.9 Å². The SMILES string of the molecule is CCc1c(C(=O)O)nnn1-c1ccc(Cl)c2cccnc12. The molecule has 21 heavy (non-hydrogen) atoms. The molecule has 0 radical (unpaired) electrons. The molecular formula is C14H11ClN4O2. The van der Waals surface area contributed by atoms with Gasteiger partial charge in [-0.3, -0.25) is 4.98 Å². The number of carboxylic acid groups (broad SMARTS) is 1. The number of carboxylic acids is 1. The molecule has 0 spiro atoms. The minimum Gasteiger partial charge on any atom is -0.476 e. The van der Waals surface area contributed by atoms with Crippen molar-refractivity contribution in [2.45, 2.75) is 13.3 Å². The molecular weight excluding hydrogens is 292 g/mol. The van der Waals surface area contributed by atoms with E-state index in [9.17, 15) is 4.79 Å². The summed E-state index contributed by atoms with van der Waals surface area (Å²) in [5.74, 6) is -1.09. The van der Waals surface area contributed by atoms with Gasteiger partial charge in [-0.05, 0) is 30.7 Å². The summed E-state index contributed by atoms with van der Waals surface area (Å²) < 4.78 is 1.51. The molecule has 7 heteroatoms. The summed E-state index contributed by atoms with van der Waals surface area (Å²) in [6.45, 7) is 1.85. The van der Waals surface area contributed by atoms with E-state index in [4.69, 9.17) is 16.7 Å². The Morgan fingerprint density at radius 3 is 2.90 bits per heavy atom. The van der Waals surface area contributed by atoms with E-state index in [-0.39, 0.29) is 5.69 Å². The Hall–Kier alpha value is -2.47. The standard InChI is InChI=1S/C14H11ClN4O2/c1-2-10-13(14(20)21)17-18-19(10)11-6-5-9(15)8-4-3-7-16-12(8)11/h3-7H,2H2,1H3,(H,20,21). The van der Waals surface area contributed by atoms with Gasteiger partial charge in [-0.15, -0.1) is 5.10 Å². The van der Waals surface area contributed by atoms with Crippen LogP contribution in [-0.4, -0.2) is 31.1 Å². The number of halogens is 1. The largest absolute Gasteiger partial charge is 0.476 e. The summed E-state index contributed by atoms with van der Waals surface area (Å²) in [7, 11) is 0. The van der Waals surface area contributed by atoms with Gasteiger partial charge in [0.05, 0.1) is 21.9 Å². The Labute approximate surface area is 125 Å². The number of rotatable bonds is 3. The van der Waals surface area contributed by atoms with Crippen molar-refractivity contribution in [2.75, 3.05) is 0 Å².